The van der Waals surface area contributed by atoms with Gasteiger partial charge in [0.25, 0.3) is 0 Å². The number of carbonyl (C=O) groups is 1. The molecular formula is C9H20N2O2. The van der Waals surface area contributed by atoms with Gasteiger partial charge < -0.3 is 15.7 Å². The summed E-state index contributed by atoms with van der Waals surface area (Å²) in [5.74, 6) is -0.302. The van der Waals surface area contributed by atoms with Crippen LogP contribution in [0.4, 0.5) is 0 Å². The molecule has 0 spiro atoms. The fourth-order valence-electron chi connectivity index (χ4n) is 1.13. The maximum atomic E-state index is 11.0. The lowest BCUT2D eigenvalue weighted by molar-refractivity contribution is -0.127. The molecule has 0 fully saturated rings. The van der Waals surface area contributed by atoms with Crippen LogP contribution in [0.15, 0.2) is 0 Å². The smallest absolute Gasteiger partial charge is 0.224 e. The number of aliphatic hydroxyl groups is 1. The molecule has 0 rings (SSSR count). The molecule has 78 valence electrons. The first-order chi connectivity index (χ1) is 5.94. The van der Waals surface area contributed by atoms with Gasteiger partial charge in [0, 0.05) is 13.1 Å². The van der Waals surface area contributed by atoms with E-state index in [1.165, 1.54) is 0 Å². The first-order valence-electron chi connectivity index (χ1n) is 4.57. The van der Waals surface area contributed by atoms with E-state index >= 15 is 0 Å². The number of primary amides is 1. The molecule has 0 saturated heterocycles. The van der Waals surface area contributed by atoms with E-state index in [1.807, 2.05) is 25.7 Å². The molecule has 4 heteroatoms. The van der Waals surface area contributed by atoms with E-state index in [9.17, 15) is 4.79 Å². The lowest BCUT2D eigenvalue weighted by Gasteiger charge is -2.28. The van der Waals surface area contributed by atoms with Gasteiger partial charge in [0.15, 0.2) is 0 Å². The Bertz CT molecular complexity index is 169. The van der Waals surface area contributed by atoms with Crippen molar-refractivity contribution in [1.82, 2.24) is 4.90 Å². The second-order valence-electron chi connectivity index (χ2n) is 3.84. The van der Waals surface area contributed by atoms with Crippen LogP contribution >= 0.6 is 0 Å². The van der Waals surface area contributed by atoms with Crippen LogP contribution in [0.25, 0.3) is 0 Å². The average molecular weight is 188 g/mol. The van der Waals surface area contributed by atoms with Crippen LogP contribution in [0.2, 0.25) is 0 Å². The maximum absolute atomic E-state index is 11.0. The van der Waals surface area contributed by atoms with Gasteiger partial charge in [-0.3, -0.25) is 4.79 Å². The topological polar surface area (TPSA) is 66.6 Å². The molecule has 0 aromatic heterocycles. The first-order valence-corrected chi connectivity index (χ1v) is 4.57. The van der Waals surface area contributed by atoms with Gasteiger partial charge >= 0.3 is 0 Å². The Morgan fingerprint density at radius 1 is 1.54 bits per heavy atom. The Labute approximate surface area is 79.7 Å². The van der Waals surface area contributed by atoms with Crippen LogP contribution in [0.3, 0.4) is 0 Å². The third-order valence-corrected chi connectivity index (χ3v) is 2.15. The van der Waals surface area contributed by atoms with Crippen LogP contribution in [0.5, 0.6) is 0 Å². The summed E-state index contributed by atoms with van der Waals surface area (Å²) in [4.78, 5) is 13.0. The van der Waals surface area contributed by atoms with E-state index in [0.717, 1.165) is 6.54 Å². The monoisotopic (exact) mass is 188 g/mol. The molecule has 0 aliphatic heterocycles. The highest BCUT2D eigenvalue weighted by Crippen LogP contribution is 2.15. The molecule has 1 amide bonds. The molecule has 0 atom stereocenters. The SMILES string of the molecule is CCN(CCO)CC(C)(C)C(N)=O. The number of nitrogens with two attached hydrogens (primary N) is 1. The summed E-state index contributed by atoms with van der Waals surface area (Å²) in [7, 11) is 0. The molecule has 0 aromatic carbocycles. The van der Waals surface area contributed by atoms with E-state index in [-0.39, 0.29) is 12.5 Å². The van der Waals surface area contributed by atoms with Gasteiger partial charge in [-0.2, -0.15) is 0 Å². The van der Waals surface area contributed by atoms with E-state index in [2.05, 4.69) is 0 Å². The van der Waals surface area contributed by atoms with Gasteiger partial charge in [0.2, 0.25) is 5.91 Å². The predicted molar refractivity (Wildman–Crippen MR) is 52.2 cm³/mol. The average Bonchev–Trinajstić information content (AvgIpc) is 2.03. The Hall–Kier alpha value is -0.610. The van der Waals surface area contributed by atoms with Crippen LogP contribution in [-0.4, -0.2) is 42.2 Å². The van der Waals surface area contributed by atoms with Crippen molar-refractivity contribution in [2.24, 2.45) is 11.1 Å². The van der Waals surface area contributed by atoms with Crippen molar-refractivity contribution in [3.63, 3.8) is 0 Å². The molecule has 0 aliphatic carbocycles. The number of carbonyl (C=O) groups excluding carboxylic acids is 1. The van der Waals surface area contributed by atoms with Crippen molar-refractivity contribution >= 4 is 5.91 Å². The summed E-state index contributed by atoms with van der Waals surface area (Å²) in [6, 6.07) is 0. The molecule has 0 unspecified atom stereocenters. The number of amides is 1. The second-order valence-corrected chi connectivity index (χ2v) is 3.84. The van der Waals surface area contributed by atoms with Crippen molar-refractivity contribution in [1.29, 1.82) is 0 Å². The first kappa shape index (κ1) is 12.4. The molecule has 0 heterocycles. The van der Waals surface area contributed by atoms with Crippen molar-refractivity contribution in [3.05, 3.63) is 0 Å². The minimum absolute atomic E-state index is 0.114. The summed E-state index contributed by atoms with van der Waals surface area (Å²) < 4.78 is 0. The number of hydrogen-bond acceptors (Lipinski definition) is 3. The van der Waals surface area contributed by atoms with Crippen molar-refractivity contribution in [3.8, 4) is 0 Å². The molecule has 3 N–H and O–H groups in total. The maximum Gasteiger partial charge on any atom is 0.224 e. The molecule has 4 nitrogen and oxygen atoms in total. The third-order valence-electron chi connectivity index (χ3n) is 2.15. The quantitative estimate of drug-likeness (QED) is 0.607. The van der Waals surface area contributed by atoms with E-state index in [0.29, 0.717) is 13.1 Å². The number of aliphatic hydroxyl groups excluding tert-OH is 1. The summed E-state index contributed by atoms with van der Waals surface area (Å²) in [5, 5.41) is 8.75. The standard InChI is InChI=1S/C9H20N2O2/c1-4-11(5-6-12)7-9(2,3)8(10)13/h12H,4-7H2,1-3H3,(H2,10,13). The van der Waals surface area contributed by atoms with Gasteiger partial charge in [0.05, 0.1) is 12.0 Å². The second kappa shape index (κ2) is 5.19. The number of nitrogens with zero attached hydrogens (tertiary/aromatic N) is 1. The minimum atomic E-state index is -0.523. The predicted octanol–water partition coefficient (Wildman–Crippen LogP) is -0.188. The molecule has 0 bridgehead atoms. The van der Waals surface area contributed by atoms with Crippen molar-refractivity contribution in [2.75, 3.05) is 26.2 Å². The van der Waals surface area contributed by atoms with E-state index in [4.69, 9.17) is 10.8 Å². The van der Waals surface area contributed by atoms with Crippen molar-refractivity contribution < 1.29 is 9.90 Å². The Morgan fingerprint density at radius 2 is 2.08 bits per heavy atom. The minimum Gasteiger partial charge on any atom is -0.395 e. The molecule has 0 radical (unpaired) electrons. The lowest BCUT2D eigenvalue weighted by atomic mass is 9.92. The molecule has 0 saturated carbocycles. The summed E-state index contributed by atoms with van der Waals surface area (Å²) in [5.41, 5.74) is 4.72. The zero-order valence-electron chi connectivity index (χ0n) is 8.71. The Morgan fingerprint density at radius 3 is 2.38 bits per heavy atom. The summed E-state index contributed by atoms with van der Waals surface area (Å²) in [6.07, 6.45) is 0. The van der Waals surface area contributed by atoms with Crippen LogP contribution < -0.4 is 5.73 Å². The zero-order valence-corrected chi connectivity index (χ0v) is 8.71. The highest BCUT2D eigenvalue weighted by molar-refractivity contribution is 5.80. The van der Waals surface area contributed by atoms with Gasteiger partial charge in [-0.15, -0.1) is 0 Å². The molecule has 13 heavy (non-hydrogen) atoms. The third kappa shape index (κ3) is 4.24. The van der Waals surface area contributed by atoms with Crippen LogP contribution in [0.1, 0.15) is 20.8 Å². The van der Waals surface area contributed by atoms with Gasteiger partial charge in [-0.05, 0) is 20.4 Å². The van der Waals surface area contributed by atoms with Crippen LogP contribution in [0, 0.1) is 5.41 Å². The van der Waals surface area contributed by atoms with Gasteiger partial charge in [0.1, 0.15) is 0 Å². The van der Waals surface area contributed by atoms with Crippen LogP contribution in [-0.2, 0) is 4.79 Å². The fraction of sp³-hybridized carbons (Fsp3) is 0.889. The van der Waals surface area contributed by atoms with Gasteiger partial charge in [-0.1, -0.05) is 6.92 Å². The Balaban J connectivity index is 4.13. The number of rotatable bonds is 6. The highest BCUT2D eigenvalue weighted by Gasteiger charge is 2.26. The number of likely N-dealkylation sites (N-methyl/N-ethyl adjacent to an activating group) is 1. The fourth-order valence-corrected chi connectivity index (χ4v) is 1.13. The largest absolute Gasteiger partial charge is 0.395 e. The molecular weight excluding hydrogens is 168 g/mol. The summed E-state index contributed by atoms with van der Waals surface area (Å²) in [6.45, 7) is 7.74. The summed E-state index contributed by atoms with van der Waals surface area (Å²) >= 11 is 0. The van der Waals surface area contributed by atoms with E-state index in [1.54, 1.807) is 0 Å². The number of hydrogen-bond donors (Lipinski definition) is 2. The highest BCUT2D eigenvalue weighted by atomic mass is 16.3. The molecule has 0 aromatic rings. The Kier molecular flexibility index (Phi) is 4.95. The van der Waals surface area contributed by atoms with Crippen molar-refractivity contribution in [2.45, 2.75) is 20.8 Å². The zero-order chi connectivity index (χ0) is 10.5. The molecule has 0 aliphatic rings. The normalized spacial score (nSPS) is 12.1. The van der Waals surface area contributed by atoms with E-state index < -0.39 is 5.41 Å². The van der Waals surface area contributed by atoms with Gasteiger partial charge in [-0.25, -0.2) is 0 Å². The lowest BCUT2D eigenvalue weighted by Crippen LogP contribution is -2.43.